The van der Waals surface area contributed by atoms with E-state index in [4.69, 9.17) is 0 Å². The lowest BCUT2D eigenvalue weighted by atomic mass is 10.1. The quantitative estimate of drug-likeness (QED) is 0.864. The molecule has 0 aliphatic rings. The number of benzene rings is 1. The van der Waals surface area contributed by atoms with Crippen molar-refractivity contribution in [1.82, 2.24) is 10.3 Å². The molecule has 19 heavy (non-hydrogen) atoms. The van der Waals surface area contributed by atoms with Gasteiger partial charge in [-0.15, -0.1) is 0 Å². The summed E-state index contributed by atoms with van der Waals surface area (Å²) in [6.45, 7) is 4.85. The summed E-state index contributed by atoms with van der Waals surface area (Å²) in [6.07, 6.45) is 1.06. The van der Waals surface area contributed by atoms with Crippen molar-refractivity contribution in [3.63, 3.8) is 0 Å². The SMILES string of the molecule is CCC(C)NCc1ccc(-c2ccccc2)[nH]c1=O. The third-order valence-electron chi connectivity index (χ3n) is 3.33. The predicted molar refractivity (Wildman–Crippen MR) is 79.1 cm³/mol. The lowest BCUT2D eigenvalue weighted by Gasteiger charge is -2.11. The van der Waals surface area contributed by atoms with E-state index < -0.39 is 0 Å². The lowest BCUT2D eigenvalue weighted by molar-refractivity contribution is 0.532. The van der Waals surface area contributed by atoms with Crippen LogP contribution >= 0.6 is 0 Å². The normalized spacial score (nSPS) is 12.3. The zero-order valence-corrected chi connectivity index (χ0v) is 11.4. The Morgan fingerprint density at radius 1 is 1.16 bits per heavy atom. The molecule has 0 spiro atoms. The second-order valence-electron chi connectivity index (χ2n) is 4.78. The second-order valence-corrected chi connectivity index (χ2v) is 4.78. The molecule has 1 aromatic heterocycles. The monoisotopic (exact) mass is 256 g/mol. The summed E-state index contributed by atoms with van der Waals surface area (Å²) >= 11 is 0. The maximum absolute atomic E-state index is 12.0. The summed E-state index contributed by atoms with van der Waals surface area (Å²) in [5.74, 6) is 0. The number of hydrogen-bond donors (Lipinski definition) is 2. The zero-order valence-electron chi connectivity index (χ0n) is 11.4. The Balaban J connectivity index is 2.16. The van der Waals surface area contributed by atoms with Gasteiger partial charge in [-0.3, -0.25) is 4.79 Å². The molecular weight excluding hydrogens is 236 g/mol. The van der Waals surface area contributed by atoms with Gasteiger partial charge in [-0.2, -0.15) is 0 Å². The van der Waals surface area contributed by atoms with Gasteiger partial charge in [0.05, 0.1) is 0 Å². The van der Waals surface area contributed by atoms with E-state index in [0.717, 1.165) is 23.2 Å². The van der Waals surface area contributed by atoms with Crippen LogP contribution < -0.4 is 10.9 Å². The molecule has 3 heteroatoms. The molecule has 1 unspecified atom stereocenters. The van der Waals surface area contributed by atoms with Gasteiger partial charge < -0.3 is 10.3 Å². The van der Waals surface area contributed by atoms with Crippen LogP contribution in [0.4, 0.5) is 0 Å². The molecule has 1 atom stereocenters. The van der Waals surface area contributed by atoms with Gasteiger partial charge in [-0.1, -0.05) is 43.3 Å². The average molecular weight is 256 g/mol. The van der Waals surface area contributed by atoms with Crippen LogP contribution in [0.15, 0.2) is 47.3 Å². The van der Waals surface area contributed by atoms with Gasteiger partial charge >= 0.3 is 0 Å². The van der Waals surface area contributed by atoms with Crippen LogP contribution in [0.2, 0.25) is 0 Å². The standard InChI is InChI=1S/C16H20N2O/c1-3-12(2)17-11-14-9-10-15(18-16(14)19)13-7-5-4-6-8-13/h4-10,12,17H,3,11H2,1-2H3,(H,18,19). The number of nitrogens with one attached hydrogen (secondary N) is 2. The molecular formula is C16H20N2O. The molecule has 0 saturated heterocycles. The van der Waals surface area contributed by atoms with E-state index in [1.807, 2.05) is 42.5 Å². The first-order valence-corrected chi connectivity index (χ1v) is 6.71. The number of rotatable bonds is 5. The highest BCUT2D eigenvalue weighted by atomic mass is 16.1. The Morgan fingerprint density at radius 2 is 1.89 bits per heavy atom. The first-order valence-electron chi connectivity index (χ1n) is 6.71. The van der Waals surface area contributed by atoms with Crippen LogP contribution in [0.1, 0.15) is 25.8 Å². The fourth-order valence-corrected chi connectivity index (χ4v) is 1.86. The number of hydrogen-bond acceptors (Lipinski definition) is 2. The molecule has 0 fully saturated rings. The third-order valence-corrected chi connectivity index (χ3v) is 3.33. The van der Waals surface area contributed by atoms with E-state index in [-0.39, 0.29) is 5.56 Å². The van der Waals surface area contributed by atoms with Crippen LogP contribution in [0.5, 0.6) is 0 Å². The van der Waals surface area contributed by atoms with Crippen LogP contribution in [0, 0.1) is 0 Å². The molecule has 0 bridgehead atoms. The largest absolute Gasteiger partial charge is 0.322 e. The van der Waals surface area contributed by atoms with Crippen molar-refractivity contribution in [2.75, 3.05) is 0 Å². The molecule has 100 valence electrons. The Morgan fingerprint density at radius 3 is 2.53 bits per heavy atom. The van der Waals surface area contributed by atoms with Gasteiger partial charge in [-0.05, 0) is 25.0 Å². The summed E-state index contributed by atoms with van der Waals surface area (Å²) in [4.78, 5) is 15.0. The summed E-state index contributed by atoms with van der Waals surface area (Å²) in [5, 5.41) is 3.33. The fraction of sp³-hybridized carbons (Fsp3) is 0.312. The van der Waals surface area contributed by atoms with E-state index in [0.29, 0.717) is 12.6 Å². The zero-order chi connectivity index (χ0) is 13.7. The van der Waals surface area contributed by atoms with Gasteiger partial charge in [-0.25, -0.2) is 0 Å². The molecule has 0 radical (unpaired) electrons. The predicted octanol–water partition coefficient (Wildman–Crippen LogP) is 2.93. The molecule has 0 aliphatic carbocycles. The number of H-pyrrole nitrogens is 1. The van der Waals surface area contributed by atoms with E-state index in [1.165, 1.54) is 0 Å². The van der Waals surface area contributed by atoms with Crippen LogP contribution in [-0.4, -0.2) is 11.0 Å². The van der Waals surface area contributed by atoms with E-state index in [9.17, 15) is 4.79 Å². The van der Waals surface area contributed by atoms with Gasteiger partial charge in [0.25, 0.3) is 5.56 Å². The molecule has 2 rings (SSSR count). The van der Waals surface area contributed by atoms with E-state index in [1.54, 1.807) is 0 Å². The van der Waals surface area contributed by atoms with Crippen molar-refractivity contribution in [1.29, 1.82) is 0 Å². The van der Waals surface area contributed by atoms with Crippen LogP contribution in [-0.2, 0) is 6.54 Å². The maximum atomic E-state index is 12.0. The van der Waals surface area contributed by atoms with Crippen molar-refractivity contribution < 1.29 is 0 Å². The van der Waals surface area contributed by atoms with Crippen molar-refractivity contribution >= 4 is 0 Å². The van der Waals surface area contributed by atoms with Gasteiger partial charge in [0.15, 0.2) is 0 Å². The van der Waals surface area contributed by atoms with Crippen molar-refractivity contribution in [3.8, 4) is 11.3 Å². The molecule has 0 aliphatic heterocycles. The van der Waals surface area contributed by atoms with Crippen molar-refractivity contribution in [2.45, 2.75) is 32.9 Å². The fourth-order valence-electron chi connectivity index (χ4n) is 1.86. The Kier molecular flexibility index (Phi) is 4.53. The molecule has 2 aromatic rings. The van der Waals surface area contributed by atoms with Crippen molar-refractivity contribution in [3.05, 3.63) is 58.4 Å². The topological polar surface area (TPSA) is 44.9 Å². The maximum Gasteiger partial charge on any atom is 0.252 e. The minimum absolute atomic E-state index is 0.0165. The summed E-state index contributed by atoms with van der Waals surface area (Å²) in [7, 11) is 0. The Hall–Kier alpha value is -1.87. The summed E-state index contributed by atoms with van der Waals surface area (Å²) < 4.78 is 0. The van der Waals surface area contributed by atoms with Gasteiger partial charge in [0, 0.05) is 23.8 Å². The van der Waals surface area contributed by atoms with Crippen LogP contribution in [0.25, 0.3) is 11.3 Å². The molecule has 3 nitrogen and oxygen atoms in total. The highest BCUT2D eigenvalue weighted by Crippen LogP contribution is 2.14. The molecule has 2 N–H and O–H groups in total. The number of pyridine rings is 1. The molecule has 0 amide bonds. The molecule has 0 saturated carbocycles. The first-order chi connectivity index (χ1) is 9.20. The number of aromatic nitrogens is 1. The molecule has 1 aromatic carbocycles. The summed E-state index contributed by atoms with van der Waals surface area (Å²) in [5.41, 5.74) is 2.65. The van der Waals surface area contributed by atoms with Gasteiger partial charge in [0.1, 0.15) is 0 Å². The van der Waals surface area contributed by atoms with Gasteiger partial charge in [0.2, 0.25) is 0 Å². The van der Waals surface area contributed by atoms with Crippen LogP contribution in [0.3, 0.4) is 0 Å². The smallest absolute Gasteiger partial charge is 0.252 e. The number of aromatic amines is 1. The Labute approximate surface area is 113 Å². The third kappa shape index (κ3) is 3.55. The highest BCUT2D eigenvalue weighted by Gasteiger charge is 2.04. The van der Waals surface area contributed by atoms with E-state index in [2.05, 4.69) is 24.1 Å². The van der Waals surface area contributed by atoms with E-state index >= 15 is 0 Å². The minimum atomic E-state index is -0.0165. The Bertz CT molecular complexity index is 575. The first kappa shape index (κ1) is 13.6. The minimum Gasteiger partial charge on any atom is -0.322 e. The second kappa shape index (κ2) is 6.34. The highest BCUT2D eigenvalue weighted by molar-refractivity contribution is 5.58. The lowest BCUT2D eigenvalue weighted by Crippen LogP contribution is -2.28. The average Bonchev–Trinajstić information content (AvgIpc) is 2.46. The van der Waals surface area contributed by atoms with Crippen molar-refractivity contribution in [2.24, 2.45) is 0 Å². The summed E-state index contributed by atoms with van der Waals surface area (Å²) in [6, 6.07) is 14.2. The molecule has 1 heterocycles.